The number of rotatable bonds is 4. The van der Waals surface area contributed by atoms with E-state index in [1.54, 1.807) is 16.2 Å². The second-order valence-electron chi connectivity index (χ2n) is 5.77. The Hall–Kier alpha value is -1.96. The van der Waals surface area contributed by atoms with E-state index in [1.807, 2.05) is 0 Å². The third-order valence-electron chi connectivity index (χ3n) is 4.19. The molecule has 2 aromatic rings. The van der Waals surface area contributed by atoms with Gasteiger partial charge in [-0.1, -0.05) is 11.6 Å². The van der Waals surface area contributed by atoms with Gasteiger partial charge in [-0.3, -0.25) is 14.9 Å². The number of benzene rings is 1. The van der Waals surface area contributed by atoms with E-state index >= 15 is 0 Å². The van der Waals surface area contributed by atoms with Crippen molar-refractivity contribution < 1.29 is 14.6 Å². The lowest BCUT2D eigenvalue weighted by Crippen LogP contribution is -3.13. The van der Waals surface area contributed by atoms with Crippen LogP contribution in [0.1, 0.15) is 15.9 Å². The van der Waals surface area contributed by atoms with Gasteiger partial charge in [0.2, 0.25) is 0 Å². The first-order valence-electron chi connectivity index (χ1n) is 7.62. The predicted octanol–water partition coefficient (Wildman–Crippen LogP) is 1.85. The van der Waals surface area contributed by atoms with Crippen molar-refractivity contribution in [2.45, 2.75) is 6.54 Å². The van der Waals surface area contributed by atoms with Crippen LogP contribution in [0, 0.1) is 10.1 Å². The van der Waals surface area contributed by atoms with Gasteiger partial charge in [-0.05, 0) is 22.9 Å². The number of hydrogen-bond donors (Lipinski definition) is 1. The van der Waals surface area contributed by atoms with Crippen molar-refractivity contribution in [3.05, 3.63) is 61.3 Å². The van der Waals surface area contributed by atoms with E-state index in [1.165, 1.54) is 28.7 Å². The van der Waals surface area contributed by atoms with Crippen molar-refractivity contribution in [2.75, 3.05) is 26.2 Å². The van der Waals surface area contributed by atoms with Crippen molar-refractivity contribution in [3.8, 4) is 0 Å². The van der Waals surface area contributed by atoms with E-state index < -0.39 is 4.92 Å². The van der Waals surface area contributed by atoms with Crippen LogP contribution in [-0.4, -0.2) is 41.9 Å². The van der Waals surface area contributed by atoms with Gasteiger partial charge in [0, 0.05) is 17.7 Å². The molecule has 8 heteroatoms. The van der Waals surface area contributed by atoms with Crippen LogP contribution < -0.4 is 4.90 Å². The normalized spacial score (nSPS) is 15.5. The summed E-state index contributed by atoms with van der Waals surface area (Å²) in [5.41, 5.74) is 1.54. The Morgan fingerprint density at radius 1 is 1.33 bits per heavy atom. The van der Waals surface area contributed by atoms with Crippen LogP contribution in [0.5, 0.6) is 0 Å². The molecule has 0 aliphatic carbocycles. The number of thiophene rings is 1. The zero-order valence-electron chi connectivity index (χ0n) is 12.9. The van der Waals surface area contributed by atoms with Gasteiger partial charge in [0.25, 0.3) is 11.6 Å². The molecule has 0 unspecified atom stereocenters. The first kappa shape index (κ1) is 16.9. The van der Waals surface area contributed by atoms with Crippen molar-refractivity contribution >= 4 is 34.5 Å². The van der Waals surface area contributed by atoms with Gasteiger partial charge < -0.3 is 9.80 Å². The molecule has 1 aromatic heterocycles. The molecular formula is C16H17ClN3O3S+. The molecule has 1 amide bonds. The highest BCUT2D eigenvalue weighted by molar-refractivity contribution is 7.07. The minimum atomic E-state index is -0.521. The SMILES string of the molecule is O=C(c1ccc([N+](=O)[O-])cc1Cl)N1CC[NH+](Cc2ccsc2)CC1. The molecule has 126 valence electrons. The molecule has 24 heavy (non-hydrogen) atoms. The standard InChI is InChI=1S/C16H16ClN3O3S/c17-15-9-13(20(22)23)1-2-14(15)16(21)19-6-4-18(5-7-19)10-12-3-8-24-11-12/h1-3,8-9,11H,4-7,10H2/p+1. The lowest BCUT2D eigenvalue weighted by atomic mass is 10.1. The summed E-state index contributed by atoms with van der Waals surface area (Å²) in [4.78, 5) is 26.0. The Kier molecular flexibility index (Phi) is 5.13. The molecular weight excluding hydrogens is 350 g/mol. The van der Waals surface area contributed by atoms with E-state index in [0.717, 1.165) is 19.6 Å². The summed E-state index contributed by atoms with van der Waals surface area (Å²) in [6, 6.07) is 6.11. The van der Waals surface area contributed by atoms with Gasteiger partial charge in [-0.25, -0.2) is 0 Å². The summed E-state index contributed by atoms with van der Waals surface area (Å²) in [7, 11) is 0. The topological polar surface area (TPSA) is 67.9 Å². The fourth-order valence-electron chi connectivity index (χ4n) is 2.85. The molecule has 3 rings (SSSR count). The lowest BCUT2D eigenvalue weighted by Gasteiger charge is -2.32. The number of nitro groups is 1. The molecule has 0 radical (unpaired) electrons. The van der Waals surface area contributed by atoms with E-state index in [2.05, 4.69) is 16.8 Å². The van der Waals surface area contributed by atoms with Crippen LogP contribution in [0.3, 0.4) is 0 Å². The average Bonchev–Trinajstić information content (AvgIpc) is 3.08. The third kappa shape index (κ3) is 3.75. The fraction of sp³-hybridized carbons (Fsp3) is 0.312. The molecule has 0 spiro atoms. The number of non-ortho nitro benzene ring substituents is 1. The number of hydrogen-bond acceptors (Lipinski definition) is 4. The first-order chi connectivity index (χ1) is 11.5. The number of halogens is 1. The van der Waals surface area contributed by atoms with E-state index in [0.29, 0.717) is 18.7 Å². The molecule has 1 aliphatic rings. The predicted molar refractivity (Wildman–Crippen MR) is 92.7 cm³/mol. The number of piperazine rings is 1. The van der Waals surface area contributed by atoms with Gasteiger partial charge in [0.1, 0.15) is 6.54 Å². The van der Waals surface area contributed by atoms with Gasteiger partial charge in [-0.2, -0.15) is 11.3 Å². The van der Waals surface area contributed by atoms with Crippen LogP contribution in [0.15, 0.2) is 35.0 Å². The summed E-state index contributed by atoms with van der Waals surface area (Å²) in [6.07, 6.45) is 0. The maximum absolute atomic E-state index is 12.6. The number of amides is 1. The molecule has 1 aliphatic heterocycles. The molecule has 0 atom stereocenters. The summed E-state index contributed by atoms with van der Waals surface area (Å²) in [5, 5.41) is 15.1. The van der Waals surface area contributed by atoms with Gasteiger partial charge >= 0.3 is 0 Å². The van der Waals surface area contributed by atoms with Gasteiger partial charge in [0.05, 0.1) is 41.7 Å². The summed E-state index contributed by atoms with van der Waals surface area (Å²) < 4.78 is 0. The van der Waals surface area contributed by atoms with Crippen LogP contribution in [0.25, 0.3) is 0 Å². The van der Waals surface area contributed by atoms with Crippen molar-refractivity contribution in [1.29, 1.82) is 0 Å². The molecule has 1 aromatic carbocycles. The van der Waals surface area contributed by atoms with Crippen molar-refractivity contribution in [3.63, 3.8) is 0 Å². The smallest absolute Gasteiger partial charge is 0.270 e. The third-order valence-corrected chi connectivity index (χ3v) is 5.23. The van der Waals surface area contributed by atoms with Crippen LogP contribution >= 0.6 is 22.9 Å². The van der Waals surface area contributed by atoms with Crippen molar-refractivity contribution in [1.82, 2.24) is 4.90 Å². The summed E-state index contributed by atoms with van der Waals surface area (Å²) in [5.74, 6) is -0.163. The monoisotopic (exact) mass is 366 g/mol. The minimum absolute atomic E-state index is 0.110. The van der Waals surface area contributed by atoms with Gasteiger partial charge in [-0.15, -0.1) is 0 Å². The number of carbonyl (C=O) groups is 1. The Morgan fingerprint density at radius 3 is 2.67 bits per heavy atom. The second kappa shape index (κ2) is 7.29. The maximum atomic E-state index is 12.6. The van der Waals surface area contributed by atoms with Crippen molar-refractivity contribution in [2.24, 2.45) is 0 Å². The molecule has 0 saturated carbocycles. The Labute approximate surface area is 148 Å². The molecule has 0 bridgehead atoms. The Morgan fingerprint density at radius 2 is 2.08 bits per heavy atom. The zero-order chi connectivity index (χ0) is 17.1. The van der Waals surface area contributed by atoms with Gasteiger partial charge in [0.15, 0.2) is 0 Å². The van der Waals surface area contributed by atoms with E-state index in [4.69, 9.17) is 11.6 Å². The minimum Gasteiger partial charge on any atom is -0.328 e. The van der Waals surface area contributed by atoms with Crippen LogP contribution in [-0.2, 0) is 6.54 Å². The highest BCUT2D eigenvalue weighted by atomic mass is 35.5. The zero-order valence-corrected chi connectivity index (χ0v) is 14.5. The second-order valence-corrected chi connectivity index (χ2v) is 6.96. The summed E-state index contributed by atoms with van der Waals surface area (Å²) in [6.45, 7) is 4.05. The van der Waals surface area contributed by atoms with E-state index in [9.17, 15) is 14.9 Å². The largest absolute Gasteiger partial charge is 0.328 e. The van der Waals surface area contributed by atoms with Crippen LogP contribution in [0.2, 0.25) is 5.02 Å². The highest BCUT2D eigenvalue weighted by Crippen LogP contribution is 2.23. The highest BCUT2D eigenvalue weighted by Gasteiger charge is 2.26. The summed E-state index contributed by atoms with van der Waals surface area (Å²) >= 11 is 7.75. The number of quaternary nitrogens is 1. The number of nitrogens with one attached hydrogen (secondary N) is 1. The Bertz CT molecular complexity index is 743. The molecule has 1 saturated heterocycles. The average molecular weight is 367 g/mol. The molecule has 2 heterocycles. The van der Waals surface area contributed by atoms with Crippen LogP contribution in [0.4, 0.5) is 5.69 Å². The quantitative estimate of drug-likeness (QED) is 0.663. The molecule has 6 nitrogen and oxygen atoms in total. The molecule has 1 N–H and O–H groups in total. The fourth-order valence-corrected chi connectivity index (χ4v) is 3.77. The first-order valence-corrected chi connectivity index (χ1v) is 8.94. The van der Waals surface area contributed by atoms with E-state index in [-0.39, 0.29) is 16.6 Å². The number of nitro benzene ring substituents is 1. The lowest BCUT2D eigenvalue weighted by molar-refractivity contribution is -0.917. The Balaban J connectivity index is 1.62. The number of carbonyl (C=O) groups excluding carboxylic acids is 1. The maximum Gasteiger partial charge on any atom is 0.270 e. The molecule has 1 fully saturated rings. The number of nitrogens with zero attached hydrogens (tertiary/aromatic N) is 2.